The third-order valence-electron chi connectivity index (χ3n) is 3.04. The van der Waals surface area contributed by atoms with Crippen LogP contribution in [0.25, 0.3) is 0 Å². The van der Waals surface area contributed by atoms with Gasteiger partial charge in [0.15, 0.2) is 0 Å². The van der Waals surface area contributed by atoms with E-state index in [1.165, 1.54) is 7.11 Å². The van der Waals surface area contributed by atoms with Crippen molar-refractivity contribution in [1.29, 1.82) is 0 Å². The van der Waals surface area contributed by atoms with E-state index in [1.807, 2.05) is 6.26 Å². The molecule has 3 N–H and O–H groups in total. The number of thioether (sulfide) groups is 1. The van der Waals surface area contributed by atoms with Crippen molar-refractivity contribution in [3.05, 3.63) is 0 Å². The van der Waals surface area contributed by atoms with Gasteiger partial charge in [-0.2, -0.15) is 11.8 Å². The summed E-state index contributed by atoms with van der Waals surface area (Å²) in [5.74, 6) is -0.941. The summed E-state index contributed by atoms with van der Waals surface area (Å²) in [5.41, 5.74) is 0. The molecule has 1 atom stereocenters. The van der Waals surface area contributed by atoms with E-state index in [0.29, 0.717) is 6.54 Å². The van der Waals surface area contributed by atoms with Gasteiger partial charge in [-0.05, 0) is 19.1 Å². The van der Waals surface area contributed by atoms with Crippen LogP contribution < -0.4 is 10.6 Å². The number of urea groups is 1. The summed E-state index contributed by atoms with van der Waals surface area (Å²) in [6.07, 6.45) is 3.69. The molecule has 0 aromatic carbocycles. The average Bonchev–Trinajstić information content (AvgIpc) is 3.12. The smallest absolute Gasteiger partial charge is 0.314 e. The van der Waals surface area contributed by atoms with Gasteiger partial charge in [0.25, 0.3) is 0 Å². The summed E-state index contributed by atoms with van der Waals surface area (Å²) in [5, 5.41) is 14.0. The second-order valence-electron chi connectivity index (χ2n) is 4.41. The van der Waals surface area contributed by atoms with Crippen molar-refractivity contribution in [2.24, 2.45) is 0 Å². The van der Waals surface area contributed by atoms with Gasteiger partial charge in [0, 0.05) is 24.9 Å². The Hall–Kier alpha value is -0.950. The van der Waals surface area contributed by atoms with E-state index in [4.69, 9.17) is 9.84 Å². The van der Waals surface area contributed by atoms with Crippen molar-refractivity contribution in [2.75, 3.05) is 26.5 Å². The van der Waals surface area contributed by atoms with Crippen LogP contribution in [0.4, 0.5) is 4.79 Å². The standard InChI is InChI=1S/C11H20N2O4S/c1-17-8(5-9(14)15)6-12-10(16)13-7-11(18-2)3-4-11/h8H,3-7H2,1-2H3,(H,14,15)(H2,12,13,16). The lowest BCUT2D eigenvalue weighted by molar-refractivity contribution is -0.139. The molecule has 2 amide bonds. The number of rotatable bonds is 8. The highest BCUT2D eigenvalue weighted by molar-refractivity contribution is 8.00. The minimum Gasteiger partial charge on any atom is -0.481 e. The molecule has 0 heterocycles. The average molecular weight is 276 g/mol. The molecular weight excluding hydrogens is 256 g/mol. The van der Waals surface area contributed by atoms with Crippen LogP contribution in [0.5, 0.6) is 0 Å². The molecule has 0 aliphatic heterocycles. The Kier molecular flexibility index (Phi) is 5.74. The number of carboxylic acid groups (broad SMARTS) is 1. The van der Waals surface area contributed by atoms with Crippen molar-refractivity contribution >= 4 is 23.8 Å². The zero-order chi connectivity index (χ0) is 13.6. The molecule has 18 heavy (non-hydrogen) atoms. The first-order chi connectivity index (χ1) is 8.51. The molecular formula is C11H20N2O4S. The minimum absolute atomic E-state index is 0.120. The Balaban J connectivity index is 2.17. The molecule has 6 nitrogen and oxygen atoms in total. The lowest BCUT2D eigenvalue weighted by Crippen LogP contribution is -2.43. The number of carboxylic acids is 1. The van der Waals surface area contributed by atoms with Crippen LogP contribution in [0.1, 0.15) is 19.3 Å². The number of methoxy groups -OCH3 is 1. The van der Waals surface area contributed by atoms with Crippen LogP contribution in [0, 0.1) is 0 Å². The second kappa shape index (κ2) is 6.84. The fourth-order valence-electron chi connectivity index (χ4n) is 1.54. The molecule has 1 unspecified atom stereocenters. The molecule has 104 valence electrons. The van der Waals surface area contributed by atoms with Gasteiger partial charge in [-0.15, -0.1) is 0 Å². The normalized spacial score (nSPS) is 17.9. The SMILES string of the molecule is COC(CNC(=O)NCC1(SC)CC1)CC(=O)O. The Bertz CT molecular complexity index is 307. The Morgan fingerprint density at radius 2 is 2.11 bits per heavy atom. The predicted octanol–water partition coefficient (Wildman–Crippen LogP) is 0.671. The number of ether oxygens (including phenoxy) is 1. The summed E-state index contributed by atoms with van der Waals surface area (Å²) in [7, 11) is 1.43. The quantitative estimate of drug-likeness (QED) is 0.606. The molecule has 0 spiro atoms. The summed E-state index contributed by atoms with van der Waals surface area (Å²) < 4.78 is 5.18. The van der Waals surface area contributed by atoms with Crippen molar-refractivity contribution in [2.45, 2.75) is 30.1 Å². The van der Waals surface area contributed by atoms with Gasteiger partial charge in [0.2, 0.25) is 0 Å². The van der Waals surface area contributed by atoms with E-state index in [0.717, 1.165) is 12.8 Å². The fourth-order valence-corrected chi connectivity index (χ4v) is 2.26. The Labute approximate surface area is 111 Å². The van der Waals surface area contributed by atoms with Crippen molar-refractivity contribution in [3.8, 4) is 0 Å². The van der Waals surface area contributed by atoms with Crippen LogP contribution in [0.2, 0.25) is 0 Å². The molecule has 0 aromatic rings. The number of aliphatic carboxylic acids is 1. The molecule has 0 aromatic heterocycles. The minimum atomic E-state index is -0.941. The lowest BCUT2D eigenvalue weighted by Gasteiger charge is -2.16. The monoisotopic (exact) mass is 276 g/mol. The van der Waals surface area contributed by atoms with Gasteiger partial charge in [-0.3, -0.25) is 4.79 Å². The van der Waals surface area contributed by atoms with Crippen LogP contribution >= 0.6 is 11.8 Å². The zero-order valence-corrected chi connectivity index (χ0v) is 11.5. The van der Waals surface area contributed by atoms with E-state index in [-0.39, 0.29) is 23.7 Å². The molecule has 7 heteroatoms. The molecule has 0 saturated heterocycles. The van der Waals surface area contributed by atoms with Gasteiger partial charge in [0.1, 0.15) is 0 Å². The molecule has 1 fully saturated rings. The predicted molar refractivity (Wildman–Crippen MR) is 69.9 cm³/mol. The summed E-state index contributed by atoms with van der Waals surface area (Å²) in [6, 6.07) is -0.275. The maximum Gasteiger partial charge on any atom is 0.314 e. The van der Waals surface area contributed by atoms with E-state index in [2.05, 4.69) is 10.6 Å². The van der Waals surface area contributed by atoms with Crippen LogP contribution in [0.15, 0.2) is 0 Å². The van der Waals surface area contributed by atoms with Crippen molar-refractivity contribution in [1.82, 2.24) is 10.6 Å². The number of hydrogen-bond acceptors (Lipinski definition) is 4. The first kappa shape index (κ1) is 15.1. The zero-order valence-electron chi connectivity index (χ0n) is 10.7. The van der Waals surface area contributed by atoms with E-state index >= 15 is 0 Å². The third kappa shape index (κ3) is 5.14. The fraction of sp³-hybridized carbons (Fsp3) is 0.818. The first-order valence-corrected chi connectivity index (χ1v) is 7.05. The third-order valence-corrected chi connectivity index (χ3v) is 4.46. The Morgan fingerprint density at radius 1 is 1.44 bits per heavy atom. The van der Waals surface area contributed by atoms with Crippen LogP contribution in [0.3, 0.4) is 0 Å². The number of nitrogens with one attached hydrogen (secondary N) is 2. The molecule has 1 rings (SSSR count). The number of carbonyl (C=O) groups excluding carboxylic acids is 1. The lowest BCUT2D eigenvalue weighted by atomic mass is 10.2. The topological polar surface area (TPSA) is 87.7 Å². The van der Waals surface area contributed by atoms with Gasteiger partial charge in [0.05, 0.1) is 12.5 Å². The van der Waals surface area contributed by atoms with E-state index < -0.39 is 12.1 Å². The van der Waals surface area contributed by atoms with Crippen LogP contribution in [-0.4, -0.2) is 54.4 Å². The van der Waals surface area contributed by atoms with Gasteiger partial charge >= 0.3 is 12.0 Å². The maximum absolute atomic E-state index is 11.5. The van der Waals surface area contributed by atoms with Crippen LogP contribution in [-0.2, 0) is 9.53 Å². The van der Waals surface area contributed by atoms with E-state index in [1.54, 1.807) is 11.8 Å². The molecule has 0 radical (unpaired) electrons. The summed E-state index contributed by atoms with van der Waals surface area (Å²) in [6.45, 7) is 0.845. The summed E-state index contributed by atoms with van der Waals surface area (Å²) >= 11 is 1.77. The molecule has 1 aliphatic carbocycles. The summed E-state index contributed by atoms with van der Waals surface area (Å²) in [4.78, 5) is 22.0. The van der Waals surface area contributed by atoms with Gasteiger partial charge in [-0.25, -0.2) is 4.79 Å². The highest BCUT2D eigenvalue weighted by Crippen LogP contribution is 2.46. The Morgan fingerprint density at radius 3 is 2.56 bits per heavy atom. The molecule has 1 aliphatic rings. The molecule has 0 bridgehead atoms. The van der Waals surface area contributed by atoms with E-state index in [9.17, 15) is 9.59 Å². The second-order valence-corrected chi connectivity index (χ2v) is 5.68. The number of carbonyl (C=O) groups is 2. The van der Waals surface area contributed by atoms with Gasteiger partial charge < -0.3 is 20.5 Å². The highest BCUT2D eigenvalue weighted by atomic mass is 32.2. The number of amides is 2. The number of hydrogen-bond donors (Lipinski definition) is 3. The van der Waals surface area contributed by atoms with Gasteiger partial charge in [-0.1, -0.05) is 0 Å². The van der Waals surface area contributed by atoms with Crippen molar-refractivity contribution < 1.29 is 19.4 Å². The largest absolute Gasteiger partial charge is 0.481 e. The first-order valence-electron chi connectivity index (χ1n) is 5.83. The molecule has 1 saturated carbocycles. The highest BCUT2D eigenvalue weighted by Gasteiger charge is 2.41. The van der Waals surface area contributed by atoms with Crippen molar-refractivity contribution in [3.63, 3.8) is 0 Å². The maximum atomic E-state index is 11.5.